The Morgan fingerprint density at radius 1 is 1.21 bits per heavy atom. The molecule has 0 spiro atoms. The summed E-state index contributed by atoms with van der Waals surface area (Å²) >= 11 is 1.42. The van der Waals surface area contributed by atoms with Gasteiger partial charge in [0.25, 0.3) is 5.56 Å². The summed E-state index contributed by atoms with van der Waals surface area (Å²) in [6, 6.07) is 11.9. The van der Waals surface area contributed by atoms with Gasteiger partial charge in [0, 0.05) is 16.3 Å². The number of phenolic OH excluding ortho intramolecular Hbond substituents is 1. The molecule has 0 fully saturated rings. The van der Waals surface area contributed by atoms with E-state index in [9.17, 15) is 9.90 Å². The molecule has 2 aromatic carbocycles. The topological polar surface area (TPSA) is 79.1 Å². The van der Waals surface area contributed by atoms with Gasteiger partial charge in [0.05, 0.1) is 5.52 Å². The second kappa shape index (κ2) is 7.95. The lowest BCUT2D eigenvalue weighted by molar-refractivity contribution is 0.477. The number of aryl methyl sites for hydroxylation is 1. The summed E-state index contributed by atoms with van der Waals surface area (Å²) in [4.78, 5) is 15.4. The van der Waals surface area contributed by atoms with Crippen LogP contribution in [0.25, 0.3) is 32.1 Å². The van der Waals surface area contributed by atoms with Crippen molar-refractivity contribution in [2.24, 2.45) is 5.73 Å². The maximum Gasteiger partial charge on any atom is 0.266 e. The summed E-state index contributed by atoms with van der Waals surface area (Å²) in [7, 11) is 0. The first-order valence-corrected chi connectivity index (χ1v) is 9.99. The number of hydrogen-bond donors (Lipinski definition) is 3. The molecule has 0 unspecified atom stereocenters. The normalized spacial score (nSPS) is 12.2. The highest BCUT2D eigenvalue weighted by atomic mass is 35.5. The van der Waals surface area contributed by atoms with Gasteiger partial charge in [-0.25, -0.2) is 0 Å². The number of pyridine rings is 1. The maximum absolute atomic E-state index is 12.4. The van der Waals surface area contributed by atoms with Gasteiger partial charge in [-0.3, -0.25) is 4.79 Å². The number of nitrogens with one attached hydrogen (secondary N) is 1. The molecule has 0 aliphatic rings. The summed E-state index contributed by atoms with van der Waals surface area (Å²) < 4.78 is 0.680. The minimum absolute atomic E-state index is 0. The molecule has 2 heterocycles. The van der Waals surface area contributed by atoms with Gasteiger partial charge >= 0.3 is 0 Å². The van der Waals surface area contributed by atoms with E-state index in [4.69, 9.17) is 5.73 Å². The number of rotatable bonds is 4. The van der Waals surface area contributed by atoms with Crippen molar-refractivity contribution in [3.63, 3.8) is 0 Å². The third kappa shape index (κ3) is 3.20. The number of H-pyrrole nitrogens is 1. The van der Waals surface area contributed by atoms with Gasteiger partial charge in [-0.15, -0.1) is 23.7 Å². The van der Waals surface area contributed by atoms with Crippen molar-refractivity contribution in [3.8, 4) is 16.9 Å². The Labute approximate surface area is 173 Å². The highest BCUT2D eigenvalue weighted by Crippen LogP contribution is 2.41. The molecule has 0 radical (unpaired) electrons. The van der Waals surface area contributed by atoms with Gasteiger partial charge in [0.2, 0.25) is 0 Å². The Hall–Kier alpha value is -2.34. The van der Waals surface area contributed by atoms with Crippen LogP contribution in [0.2, 0.25) is 0 Å². The summed E-state index contributed by atoms with van der Waals surface area (Å²) in [5.74, 6) is 0.556. The minimum Gasteiger partial charge on any atom is -0.507 e. The van der Waals surface area contributed by atoms with Crippen LogP contribution >= 0.6 is 23.7 Å². The zero-order chi connectivity index (χ0) is 19.1. The minimum atomic E-state index is -0.0867. The number of thiophene rings is 1. The fraction of sp³-hybridized carbons (Fsp3) is 0.227. The summed E-state index contributed by atoms with van der Waals surface area (Å²) in [5, 5.41) is 14.5. The predicted octanol–water partition coefficient (Wildman–Crippen LogP) is 5.30. The molecule has 0 aliphatic heterocycles. The smallest absolute Gasteiger partial charge is 0.266 e. The zero-order valence-electron chi connectivity index (χ0n) is 15.8. The third-order valence-electron chi connectivity index (χ3n) is 5.33. The fourth-order valence-corrected chi connectivity index (χ4v) is 4.63. The van der Waals surface area contributed by atoms with Gasteiger partial charge in [-0.2, -0.15) is 0 Å². The molecule has 0 saturated carbocycles. The lowest BCUT2D eigenvalue weighted by Gasteiger charge is -2.16. The number of aromatic nitrogens is 1. The number of fused-ring (bicyclic) bond motifs is 3. The number of aromatic hydroxyl groups is 1. The maximum atomic E-state index is 12.4. The lowest BCUT2D eigenvalue weighted by Crippen LogP contribution is -2.11. The number of nitrogens with two attached hydrogens (primary N) is 1. The molecular formula is C22H23ClN2O2S. The van der Waals surface area contributed by atoms with E-state index in [-0.39, 0.29) is 23.7 Å². The Morgan fingerprint density at radius 3 is 2.57 bits per heavy atom. The summed E-state index contributed by atoms with van der Waals surface area (Å²) in [6.07, 6.45) is 0.991. The molecule has 4 rings (SSSR count). The average Bonchev–Trinajstić information content (AvgIpc) is 3.15. The van der Waals surface area contributed by atoms with Gasteiger partial charge in [-0.05, 0) is 60.0 Å². The van der Waals surface area contributed by atoms with E-state index in [2.05, 4.69) is 24.0 Å². The molecule has 0 bridgehead atoms. The fourth-order valence-electron chi connectivity index (χ4n) is 3.83. The first kappa shape index (κ1) is 20.4. The van der Waals surface area contributed by atoms with Gasteiger partial charge < -0.3 is 15.8 Å². The molecule has 28 heavy (non-hydrogen) atoms. The van der Waals surface area contributed by atoms with Crippen LogP contribution in [0, 0.1) is 6.92 Å². The van der Waals surface area contributed by atoms with Crippen molar-refractivity contribution in [2.75, 3.05) is 6.54 Å². The molecule has 1 atom stereocenters. The van der Waals surface area contributed by atoms with Crippen LogP contribution in [0.3, 0.4) is 0 Å². The second-order valence-electron chi connectivity index (χ2n) is 6.92. The van der Waals surface area contributed by atoms with Crippen LogP contribution in [-0.2, 0) is 0 Å². The van der Waals surface area contributed by atoms with Crippen molar-refractivity contribution in [2.45, 2.75) is 26.2 Å². The number of aromatic amines is 1. The summed E-state index contributed by atoms with van der Waals surface area (Å²) in [5.41, 5.74) is 10.3. The number of hydrogen-bond acceptors (Lipinski definition) is 4. The molecule has 6 heteroatoms. The van der Waals surface area contributed by atoms with E-state index >= 15 is 0 Å². The van der Waals surface area contributed by atoms with Crippen LogP contribution in [0.1, 0.15) is 30.4 Å². The molecule has 4 N–H and O–H groups in total. The molecular weight excluding hydrogens is 392 g/mol. The monoisotopic (exact) mass is 414 g/mol. The quantitative estimate of drug-likeness (QED) is 0.424. The Bertz CT molecular complexity index is 1190. The van der Waals surface area contributed by atoms with Crippen LogP contribution in [0.15, 0.2) is 46.6 Å². The van der Waals surface area contributed by atoms with Crippen molar-refractivity contribution >= 4 is 44.7 Å². The first-order valence-electron chi connectivity index (χ1n) is 9.11. The van der Waals surface area contributed by atoms with E-state index in [1.165, 1.54) is 16.9 Å². The average molecular weight is 415 g/mol. The Kier molecular flexibility index (Phi) is 5.79. The first-order chi connectivity index (χ1) is 13.0. The standard InChI is InChI=1S/C22H22N2O2S.ClH/c1-3-13(11-23)14-4-6-15(7-5-14)18-17(25)10-12(2)20-19(18)16-8-9-27-21(16)22(26)24-20;/h4-10,13,25H,3,11,23H2,1-2H3,(H,24,26);1H/t13-;/m0./s1. The molecule has 4 nitrogen and oxygen atoms in total. The van der Waals surface area contributed by atoms with Crippen LogP contribution in [0.5, 0.6) is 5.75 Å². The molecule has 0 aliphatic carbocycles. The lowest BCUT2D eigenvalue weighted by atomic mass is 9.91. The van der Waals surface area contributed by atoms with E-state index in [1.807, 2.05) is 30.5 Å². The van der Waals surface area contributed by atoms with Gasteiger partial charge in [-0.1, -0.05) is 31.2 Å². The number of halogens is 1. The van der Waals surface area contributed by atoms with Gasteiger partial charge in [0.15, 0.2) is 0 Å². The third-order valence-corrected chi connectivity index (χ3v) is 6.24. The van der Waals surface area contributed by atoms with Crippen LogP contribution in [0.4, 0.5) is 0 Å². The highest BCUT2D eigenvalue weighted by molar-refractivity contribution is 7.17. The number of phenols is 1. The molecule has 146 valence electrons. The van der Waals surface area contributed by atoms with E-state index in [0.717, 1.165) is 39.4 Å². The van der Waals surface area contributed by atoms with E-state index < -0.39 is 0 Å². The van der Waals surface area contributed by atoms with Crippen molar-refractivity contribution in [1.82, 2.24) is 4.98 Å². The Morgan fingerprint density at radius 2 is 1.93 bits per heavy atom. The van der Waals surface area contributed by atoms with E-state index in [1.54, 1.807) is 6.07 Å². The molecule has 0 amide bonds. The predicted molar refractivity (Wildman–Crippen MR) is 121 cm³/mol. The molecule has 4 aromatic rings. The zero-order valence-corrected chi connectivity index (χ0v) is 17.4. The van der Waals surface area contributed by atoms with Crippen molar-refractivity contribution < 1.29 is 5.11 Å². The highest BCUT2D eigenvalue weighted by Gasteiger charge is 2.17. The SMILES string of the molecule is CC[C@@H](CN)c1ccc(-c2c(O)cc(C)c3[nH]c(=O)c4sccc4c23)cc1.Cl. The van der Waals surface area contributed by atoms with Crippen LogP contribution in [-0.4, -0.2) is 16.6 Å². The van der Waals surface area contributed by atoms with E-state index in [0.29, 0.717) is 17.2 Å². The molecule has 2 aromatic heterocycles. The summed E-state index contributed by atoms with van der Waals surface area (Å²) in [6.45, 7) is 4.65. The second-order valence-corrected chi connectivity index (χ2v) is 7.83. The Balaban J connectivity index is 0.00000225. The largest absolute Gasteiger partial charge is 0.507 e. The molecule has 0 saturated heterocycles. The van der Waals surface area contributed by atoms with Crippen molar-refractivity contribution in [3.05, 3.63) is 63.3 Å². The van der Waals surface area contributed by atoms with Gasteiger partial charge in [0.1, 0.15) is 10.4 Å². The number of benzene rings is 2. The van der Waals surface area contributed by atoms with Crippen LogP contribution < -0.4 is 11.3 Å². The van der Waals surface area contributed by atoms with Crippen molar-refractivity contribution in [1.29, 1.82) is 0 Å².